The van der Waals surface area contributed by atoms with Crippen molar-refractivity contribution in [3.05, 3.63) is 78.9 Å². The molecule has 1 aliphatic heterocycles. The Kier molecular flexibility index (Phi) is 5.94. The molecule has 0 radical (unpaired) electrons. The van der Waals surface area contributed by atoms with Crippen LogP contribution in [0.3, 0.4) is 0 Å². The molecule has 0 bridgehead atoms. The second-order valence-corrected chi connectivity index (χ2v) is 9.74. The highest BCUT2D eigenvalue weighted by molar-refractivity contribution is 7.98. The lowest BCUT2D eigenvalue weighted by Gasteiger charge is -2.36. The lowest BCUT2D eigenvalue weighted by molar-refractivity contribution is 0.384. The molecule has 0 atom stereocenters. The fourth-order valence-electron chi connectivity index (χ4n) is 3.66. The Balaban J connectivity index is 1.48. The lowest BCUT2D eigenvalue weighted by Crippen LogP contribution is -2.48. The topological polar surface area (TPSA) is 40.6 Å². The number of para-hydroxylation sites is 1. The molecule has 0 saturated carbocycles. The van der Waals surface area contributed by atoms with E-state index in [9.17, 15) is 8.42 Å². The maximum absolute atomic E-state index is 13.1. The summed E-state index contributed by atoms with van der Waals surface area (Å²) >= 11 is 1.72. The van der Waals surface area contributed by atoms with Gasteiger partial charge in [-0.15, -0.1) is 11.8 Å². The quantitative estimate of drug-likeness (QED) is 0.562. The Morgan fingerprint density at radius 3 is 1.97 bits per heavy atom. The number of benzene rings is 3. The van der Waals surface area contributed by atoms with E-state index in [0.29, 0.717) is 31.1 Å². The third-order valence-electron chi connectivity index (χ3n) is 5.26. The predicted octanol–water partition coefficient (Wildman–Crippen LogP) is 4.59. The summed E-state index contributed by atoms with van der Waals surface area (Å²) in [6.45, 7) is 2.37. The number of thioether (sulfide) groups is 1. The van der Waals surface area contributed by atoms with E-state index in [1.54, 1.807) is 28.2 Å². The second kappa shape index (κ2) is 8.61. The van der Waals surface area contributed by atoms with Gasteiger partial charge in [-0.05, 0) is 41.6 Å². The molecule has 0 amide bonds. The van der Waals surface area contributed by atoms with Gasteiger partial charge >= 0.3 is 0 Å². The molecule has 0 spiro atoms. The molecular weight excluding hydrogens is 400 g/mol. The molecule has 0 unspecified atom stereocenters. The van der Waals surface area contributed by atoms with Crippen LogP contribution in [0.25, 0.3) is 11.1 Å². The Labute approximate surface area is 177 Å². The van der Waals surface area contributed by atoms with Crippen molar-refractivity contribution in [3.8, 4) is 11.1 Å². The number of sulfonamides is 1. The van der Waals surface area contributed by atoms with Crippen molar-refractivity contribution in [2.45, 2.75) is 9.79 Å². The number of hydrogen-bond acceptors (Lipinski definition) is 4. The molecule has 29 heavy (non-hydrogen) atoms. The molecule has 0 aliphatic carbocycles. The number of nitrogens with zero attached hydrogens (tertiary/aromatic N) is 2. The van der Waals surface area contributed by atoms with Crippen LogP contribution in [0.4, 0.5) is 5.69 Å². The Bertz CT molecular complexity index is 1060. The standard InChI is InChI=1S/C23H24N2O2S2/c1-28-23-10-6-5-9-22(23)24-15-17-25(18-16-24)29(26,27)21-13-11-20(12-14-21)19-7-3-2-4-8-19/h2-14H,15-18H2,1H3. The summed E-state index contributed by atoms with van der Waals surface area (Å²) in [4.78, 5) is 3.85. The molecule has 4 nitrogen and oxygen atoms in total. The molecular formula is C23H24N2O2S2. The summed E-state index contributed by atoms with van der Waals surface area (Å²) in [5.74, 6) is 0. The Morgan fingerprint density at radius 1 is 0.724 bits per heavy atom. The summed E-state index contributed by atoms with van der Waals surface area (Å²) in [6.07, 6.45) is 2.07. The summed E-state index contributed by atoms with van der Waals surface area (Å²) in [6, 6.07) is 25.5. The molecule has 4 rings (SSSR count). The minimum absolute atomic E-state index is 0.357. The van der Waals surface area contributed by atoms with Crippen LogP contribution < -0.4 is 4.90 Å². The van der Waals surface area contributed by atoms with Gasteiger partial charge in [0, 0.05) is 31.1 Å². The van der Waals surface area contributed by atoms with E-state index in [2.05, 4.69) is 23.3 Å². The van der Waals surface area contributed by atoms with Gasteiger partial charge in [0.15, 0.2) is 0 Å². The first-order chi connectivity index (χ1) is 14.1. The van der Waals surface area contributed by atoms with Crippen LogP contribution in [0.5, 0.6) is 0 Å². The number of hydrogen-bond donors (Lipinski definition) is 0. The van der Waals surface area contributed by atoms with Crippen molar-refractivity contribution in [1.29, 1.82) is 0 Å². The molecule has 0 N–H and O–H groups in total. The summed E-state index contributed by atoms with van der Waals surface area (Å²) < 4.78 is 27.8. The monoisotopic (exact) mass is 424 g/mol. The smallest absolute Gasteiger partial charge is 0.243 e. The average Bonchev–Trinajstić information content (AvgIpc) is 2.80. The normalized spacial score (nSPS) is 15.4. The van der Waals surface area contributed by atoms with Crippen LogP contribution in [-0.2, 0) is 10.0 Å². The first-order valence-electron chi connectivity index (χ1n) is 9.63. The maximum Gasteiger partial charge on any atom is 0.243 e. The minimum atomic E-state index is -3.48. The van der Waals surface area contributed by atoms with Crippen LogP contribution in [0.2, 0.25) is 0 Å². The SMILES string of the molecule is CSc1ccccc1N1CCN(S(=O)(=O)c2ccc(-c3ccccc3)cc2)CC1. The van der Waals surface area contributed by atoms with Crippen LogP contribution in [0, 0.1) is 0 Å². The molecule has 1 saturated heterocycles. The molecule has 1 aliphatic rings. The minimum Gasteiger partial charge on any atom is -0.368 e. The van der Waals surface area contributed by atoms with Gasteiger partial charge < -0.3 is 4.90 Å². The van der Waals surface area contributed by atoms with E-state index in [1.165, 1.54) is 10.6 Å². The second-order valence-electron chi connectivity index (χ2n) is 6.95. The molecule has 0 aromatic heterocycles. The summed E-state index contributed by atoms with van der Waals surface area (Å²) in [5, 5.41) is 0. The molecule has 1 heterocycles. The van der Waals surface area contributed by atoms with Gasteiger partial charge in [0.1, 0.15) is 0 Å². The van der Waals surface area contributed by atoms with Gasteiger partial charge in [0.05, 0.1) is 10.6 Å². The van der Waals surface area contributed by atoms with Gasteiger partial charge in [-0.1, -0.05) is 54.6 Å². The number of rotatable bonds is 5. The van der Waals surface area contributed by atoms with Crippen LogP contribution in [-0.4, -0.2) is 45.2 Å². The van der Waals surface area contributed by atoms with E-state index in [-0.39, 0.29) is 0 Å². The van der Waals surface area contributed by atoms with Crippen molar-refractivity contribution in [2.24, 2.45) is 0 Å². The lowest BCUT2D eigenvalue weighted by atomic mass is 10.1. The van der Waals surface area contributed by atoms with E-state index in [0.717, 1.165) is 11.1 Å². The zero-order valence-corrected chi connectivity index (χ0v) is 18.0. The molecule has 3 aromatic carbocycles. The van der Waals surface area contributed by atoms with Gasteiger partial charge in [0.25, 0.3) is 0 Å². The van der Waals surface area contributed by atoms with Gasteiger partial charge in [-0.25, -0.2) is 8.42 Å². The third kappa shape index (κ3) is 4.20. The molecule has 6 heteroatoms. The number of piperazine rings is 1. The fourth-order valence-corrected chi connectivity index (χ4v) is 5.70. The van der Waals surface area contributed by atoms with Crippen molar-refractivity contribution in [2.75, 3.05) is 37.3 Å². The van der Waals surface area contributed by atoms with Crippen molar-refractivity contribution in [3.63, 3.8) is 0 Å². The Hall–Kier alpha value is -2.28. The average molecular weight is 425 g/mol. The molecule has 3 aromatic rings. The van der Waals surface area contributed by atoms with Gasteiger partial charge in [0.2, 0.25) is 10.0 Å². The van der Waals surface area contributed by atoms with Gasteiger partial charge in [-0.2, -0.15) is 4.31 Å². The predicted molar refractivity (Wildman–Crippen MR) is 121 cm³/mol. The maximum atomic E-state index is 13.1. The Morgan fingerprint density at radius 2 is 1.31 bits per heavy atom. The fraction of sp³-hybridized carbons (Fsp3) is 0.217. The van der Waals surface area contributed by atoms with E-state index in [1.807, 2.05) is 54.6 Å². The van der Waals surface area contributed by atoms with Crippen LogP contribution in [0.15, 0.2) is 88.7 Å². The highest BCUT2D eigenvalue weighted by Crippen LogP contribution is 2.30. The van der Waals surface area contributed by atoms with Crippen molar-refractivity contribution < 1.29 is 8.42 Å². The van der Waals surface area contributed by atoms with Crippen molar-refractivity contribution >= 4 is 27.5 Å². The highest BCUT2D eigenvalue weighted by Gasteiger charge is 2.29. The van der Waals surface area contributed by atoms with E-state index >= 15 is 0 Å². The van der Waals surface area contributed by atoms with E-state index < -0.39 is 10.0 Å². The summed E-state index contributed by atoms with van der Waals surface area (Å²) in [7, 11) is -3.48. The first-order valence-corrected chi connectivity index (χ1v) is 12.3. The summed E-state index contributed by atoms with van der Waals surface area (Å²) in [5.41, 5.74) is 3.28. The highest BCUT2D eigenvalue weighted by atomic mass is 32.2. The largest absolute Gasteiger partial charge is 0.368 e. The third-order valence-corrected chi connectivity index (χ3v) is 7.96. The molecule has 1 fully saturated rings. The zero-order chi connectivity index (χ0) is 20.3. The van der Waals surface area contributed by atoms with Gasteiger partial charge in [-0.3, -0.25) is 0 Å². The first kappa shape index (κ1) is 20.0. The van der Waals surface area contributed by atoms with Crippen LogP contribution in [0.1, 0.15) is 0 Å². The number of anilines is 1. The van der Waals surface area contributed by atoms with Crippen LogP contribution >= 0.6 is 11.8 Å². The zero-order valence-electron chi connectivity index (χ0n) is 16.4. The molecule has 150 valence electrons. The van der Waals surface area contributed by atoms with Crippen molar-refractivity contribution in [1.82, 2.24) is 4.31 Å². The van der Waals surface area contributed by atoms with E-state index in [4.69, 9.17) is 0 Å².